The first-order chi connectivity index (χ1) is 9.60. The smallest absolute Gasteiger partial charge is 0.123 e. The fourth-order valence-corrected chi connectivity index (χ4v) is 2.56. The highest BCUT2D eigenvalue weighted by Crippen LogP contribution is 2.23. The van der Waals surface area contributed by atoms with Gasteiger partial charge in [0, 0.05) is 28.8 Å². The Balaban J connectivity index is 2.09. The van der Waals surface area contributed by atoms with Crippen molar-refractivity contribution in [3.63, 3.8) is 0 Å². The standard InChI is InChI=1S/C16H19BrN2O/c1-19(10-12-5-3-4-6-16(12)20-2)11-13-9-14(18)7-8-15(13)17/h3-9H,10-11,18H2,1-2H3. The molecule has 0 spiro atoms. The molecule has 0 aliphatic carbocycles. The van der Waals surface area contributed by atoms with Crippen molar-refractivity contribution in [3.05, 3.63) is 58.1 Å². The summed E-state index contributed by atoms with van der Waals surface area (Å²) in [7, 11) is 3.79. The topological polar surface area (TPSA) is 38.5 Å². The van der Waals surface area contributed by atoms with Gasteiger partial charge in [0.1, 0.15) is 5.75 Å². The molecule has 2 aromatic carbocycles. The minimum atomic E-state index is 0.786. The van der Waals surface area contributed by atoms with Gasteiger partial charge < -0.3 is 10.5 Å². The molecule has 0 saturated heterocycles. The monoisotopic (exact) mass is 334 g/mol. The maximum atomic E-state index is 5.84. The summed E-state index contributed by atoms with van der Waals surface area (Å²) in [6, 6.07) is 14.0. The Bertz CT molecular complexity index is 586. The molecule has 2 rings (SSSR count). The third-order valence-electron chi connectivity index (χ3n) is 3.14. The van der Waals surface area contributed by atoms with Crippen molar-refractivity contribution in [1.82, 2.24) is 4.90 Å². The van der Waals surface area contributed by atoms with Crippen LogP contribution in [0.1, 0.15) is 11.1 Å². The molecule has 106 valence electrons. The van der Waals surface area contributed by atoms with Crippen molar-refractivity contribution >= 4 is 21.6 Å². The zero-order chi connectivity index (χ0) is 14.5. The molecule has 0 saturated carbocycles. The molecule has 3 nitrogen and oxygen atoms in total. The molecular weight excluding hydrogens is 316 g/mol. The quantitative estimate of drug-likeness (QED) is 0.848. The van der Waals surface area contributed by atoms with Crippen LogP contribution in [0, 0.1) is 0 Å². The van der Waals surface area contributed by atoms with Gasteiger partial charge in [0.25, 0.3) is 0 Å². The van der Waals surface area contributed by atoms with Crippen LogP contribution in [-0.4, -0.2) is 19.1 Å². The number of methoxy groups -OCH3 is 1. The SMILES string of the molecule is COc1ccccc1CN(C)Cc1cc(N)ccc1Br. The van der Waals surface area contributed by atoms with E-state index in [0.29, 0.717) is 0 Å². The average Bonchev–Trinajstić information content (AvgIpc) is 2.43. The molecule has 0 atom stereocenters. The van der Waals surface area contributed by atoms with E-state index >= 15 is 0 Å². The number of nitrogen functional groups attached to an aromatic ring is 1. The summed E-state index contributed by atoms with van der Waals surface area (Å²) in [5.41, 5.74) is 8.99. The zero-order valence-electron chi connectivity index (χ0n) is 11.8. The molecule has 0 radical (unpaired) electrons. The second-order valence-corrected chi connectivity index (χ2v) is 5.69. The molecule has 0 aliphatic heterocycles. The molecule has 0 amide bonds. The first-order valence-electron chi connectivity index (χ1n) is 6.44. The van der Waals surface area contributed by atoms with Gasteiger partial charge in [0.2, 0.25) is 0 Å². The Labute approximate surface area is 128 Å². The Morgan fingerprint density at radius 3 is 2.55 bits per heavy atom. The Kier molecular flexibility index (Phi) is 5.04. The van der Waals surface area contributed by atoms with Gasteiger partial charge in [-0.2, -0.15) is 0 Å². The molecule has 0 bridgehead atoms. The molecule has 0 heterocycles. The fourth-order valence-electron chi connectivity index (χ4n) is 2.19. The van der Waals surface area contributed by atoms with E-state index in [1.54, 1.807) is 7.11 Å². The lowest BCUT2D eigenvalue weighted by molar-refractivity contribution is 0.309. The number of anilines is 1. The summed E-state index contributed by atoms with van der Waals surface area (Å²) < 4.78 is 6.47. The zero-order valence-corrected chi connectivity index (χ0v) is 13.4. The van der Waals surface area contributed by atoms with Crippen molar-refractivity contribution < 1.29 is 4.74 Å². The lowest BCUT2D eigenvalue weighted by atomic mass is 10.1. The van der Waals surface area contributed by atoms with Gasteiger partial charge in [-0.25, -0.2) is 0 Å². The van der Waals surface area contributed by atoms with Crippen molar-refractivity contribution in [2.75, 3.05) is 19.9 Å². The van der Waals surface area contributed by atoms with E-state index in [2.05, 4.69) is 33.9 Å². The van der Waals surface area contributed by atoms with Crippen LogP contribution in [-0.2, 0) is 13.1 Å². The Hall–Kier alpha value is -1.52. The van der Waals surface area contributed by atoms with Crippen LogP contribution in [0.3, 0.4) is 0 Å². The van der Waals surface area contributed by atoms with Gasteiger partial charge in [-0.3, -0.25) is 4.90 Å². The van der Waals surface area contributed by atoms with E-state index in [1.165, 1.54) is 11.1 Å². The average molecular weight is 335 g/mol. The maximum Gasteiger partial charge on any atom is 0.123 e. The number of para-hydroxylation sites is 1. The Morgan fingerprint density at radius 2 is 1.80 bits per heavy atom. The van der Waals surface area contributed by atoms with E-state index in [9.17, 15) is 0 Å². The van der Waals surface area contributed by atoms with E-state index < -0.39 is 0 Å². The van der Waals surface area contributed by atoms with Gasteiger partial charge in [-0.1, -0.05) is 34.1 Å². The summed E-state index contributed by atoms with van der Waals surface area (Å²) in [6.07, 6.45) is 0. The van der Waals surface area contributed by atoms with Crippen molar-refractivity contribution in [1.29, 1.82) is 0 Å². The number of nitrogens with zero attached hydrogens (tertiary/aromatic N) is 1. The first kappa shape index (κ1) is 14.9. The number of hydrogen-bond acceptors (Lipinski definition) is 3. The summed E-state index contributed by atoms with van der Waals surface area (Å²) in [4.78, 5) is 2.23. The predicted molar refractivity (Wildman–Crippen MR) is 86.7 cm³/mol. The number of rotatable bonds is 5. The van der Waals surface area contributed by atoms with E-state index in [0.717, 1.165) is 29.0 Å². The maximum absolute atomic E-state index is 5.84. The van der Waals surface area contributed by atoms with Gasteiger partial charge in [-0.15, -0.1) is 0 Å². The molecule has 20 heavy (non-hydrogen) atoms. The van der Waals surface area contributed by atoms with Gasteiger partial charge in [0.05, 0.1) is 7.11 Å². The van der Waals surface area contributed by atoms with Crippen LogP contribution in [0.2, 0.25) is 0 Å². The van der Waals surface area contributed by atoms with Crippen LogP contribution in [0.5, 0.6) is 5.75 Å². The highest BCUT2D eigenvalue weighted by molar-refractivity contribution is 9.10. The summed E-state index contributed by atoms with van der Waals surface area (Å²) in [6.45, 7) is 1.65. The van der Waals surface area contributed by atoms with Crippen LogP contribution in [0.4, 0.5) is 5.69 Å². The molecular formula is C16H19BrN2O. The predicted octanol–water partition coefficient (Wildman–Crippen LogP) is 3.67. The third-order valence-corrected chi connectivity index (χ3v) is 3.92. The highest BCUT2D eigenvalue weighted by Gasteiger charge is 2.08. The van der Waals surface area contributed by atoms with Crippen LogP contribution in [0.15, 0.2) is 46.9 Å². The van der Waals surface area contributed by atoms with Crippen molar-refractivity contribution in [3.8, 4) is 5.75 Å². The summed E-state index contributed by atoms with van der Waals surface area (Å²) >= 11 is 3.57. The van der Waals surface area contributed by atoms with Crippen LogP contribution in [0.25, 0.3) is 0 Å². The fraction of sp³-hybridized carbons (Fsp3) is 0.250. The minimum Gasteiger partial charge on any atom is -0.496 e. The minimum absolute atomic E-state index is 0.786. The van der Waals surface area contributed by atoms with E-state index in [1.807, 2.05) is 36.4 Å². The van der Waals surface area contributed by atoms with Crippen molar-refractivity contribution in [2.24, 2.45) is 0 Å². The second kappa shape index (κ2) is 6.77. The first-order valence-corrected chi connectivity index (χ1v) is 7.24. The van der Waals surface area contributed by atoms with Crippen LogP contribution >= 0.6 is 15.9 Å². The van der Waals surface area contributed by atoms with Crippen LogP contribution < -0.4 is 10.5 Å². The third kappa shape index (κ3) is 3.74. The summed E-state index contributed by atoms with van der Waals surface area (Å²) in [5, 5.41) is 0. The van der Waals surface area contributed by atoms with Crippen molar-refractivity contribution in [2.45, 2.75) is 13.1 Å². The number of hydrogen-bond donors (Lipinski definition) is 1. The number of ether oxygens (including phenoxy) is 1. The molecule has 0 fully saturated rings. The van der Waals surface area contributed by atoms with Gasteiger partial charge in [-0.05, 0) is 36.9 Å². The molecule has 4 heteroatoms. The van der Waals surface area contributed by atoms with E-state index in [4.69, 9.17) is 10.5 Å². The largest absolute Gasteiger partial charge is 0.496 e. The molecule has 0 aromatic heterocycles. The molecule has 0 aliphatic rings. The second-order valence-electron chi connectivity index (χ2n) is 4.83. The highest BCUT2D eigenvalue weighted by atomic mass is 79.9. The Morgan fingerprint density at radius 1 is 1.10 bits per heavy atom. The molecule has 0 unspecified atom stereocenters. The number of halogens is 1. The normalized spacial score (nSPS) is 10.8. The van der Waals surface area contributed by atoms with Gasteiger partial charge >= 0.3 is 0 Å². The number of nitrogens with two attached hydrogens (primary N) is 1. The molecule has 2 aromatic rings. The molecule has 2 N–H and O–H groups in total. The lowest BCUT2D eigenvalue weighted by Crippen LogP contribution is -2.18. The lowest BCUT2D eigenvalue weighted by Gasteiger charge is -2.19. The summed E-state index contributed by atoms with van der Waals surface area (Å²) in [5.74, 6) is 0.922. The number of benzene rings is 2. The van der Waals surface area contributed by atoms with E-state index in [-0.39, 0.29) is 0 Å². The van der Waals surface area contributed by atoms with Gasteiger partial charge in [0.15, 0.2) is 0 Å².